The van der Waals surface area contributed by atoms with Crippen molar-refractivity contribution in [1.82, 2.24) is 14.9 Å². The molecule has 0 spiro atoms. The van der Waals surface area contributed by atoms with E-state index >= 15 is 0 Å². The molecular weight excluding hydrogens is 314 g/mol. The number of piperidine rings is 1. The summed E-state index contributed by atoms with van der Waals surface area (Å²) in [6.07, 6.45) is 1.58. The zero-order valence-corrected chi connectivity index (χ0v) is 14.5. The van der Waals surface area contributed by atoms with Crippen molar-refractivity contribution in [3.05, 3.63) is 29.8 Å². The summed E-state index contributed by atoms with van der Waals surface area (Å²) in [6, 6.07) is 6.13. The predicted octanol–water partition coefficient (Wildman–Crippen LogP) is 1.20. The first kappa shape index (κ1) is 17.9. The van der Waals surface area contributed by atoms with Gasteiger partial charge in [0, 0.05) is 24.7 Å². The second-order valence-electron chi connectivity index (χ2n) is 5.65. The first-order valence-electron chi connectivity index (χ1n) is 8.10. The van der Waals surface area contributed by atoms with Crippen LogP contribution in [0.5, 0.6) is 0 Å². The Bertz CT molecular complexity index is 618. The van der Waals surface area contributed by atoms with Gasteiger partial charge in [-0.25, -0.2) is 13.1 Å². The molecule has 1 aliphatic rings. The number of sulfonamides is 1. The number of hydrogen-bond acceptors (Lipinski definition) is 4. The fraction of sp³-hybridized carbons (Fsp3) is 0.562. The molecule has 1 aromatic rings. The lowest BCUT2D eigenvalue weighted by Gasteiger charge is -2.23. The third-order valence-electron chi connectivity index (χ3n) is 4.12. The molecule has 0 aromatic heterocycles. The number of benzene rings is 1. The van der Waals surface area contributed by atoms with Gasteiger partial charge >= 0.3 is 0 Å². The van der Waals surface area contributed by atoms with Gasteiger partial charge in [0.2, 0.25) is 10.0 Å². The van der Waals surface area contributed by atoms with Crippen molar-refractivity contribution in [3.8, 4) is 0 Å². The number of rotatable bonds is 6. The van der Waals surface area contributed by atoms with Gasteiger partial charge in [-0.1, -0.05) is 0 Å². The molecule has 1 saturated heterocycles. The summed E-state index contributed by atoms with van der Waals surface area (Å²) in [6.45, 7) is 6.75. The third-order valence-corrected chi connectivity index (χ3v) is 5.66. The molecule has 1 aromatic carbocycles. The summed E-state index contributed by atoms with van der Waals surface area (Å²) >= 11 is 0. The zero-order valence-electron chi connectivity index (χ0n) is 13.7. The van der Waals surface area contributed by atoms with E-state index in [0.29, 0.717) is 18.7 Å². The summed E-state index contributed by atoms with van der Waals surface area (Å²) in [4.78, 5) is 14.1. The van der Waals surface area contributed by atoms with E-state index in [2.05, 4.69) is 10.0 Å². The van der Waals surface area contributed by atoms with Crippen molar-refractivity contribution in [2.45, 2.75) is 37.6 Å². The SMILES string of the molecule is CCN(CC)C(=O)c1ccc(S(=O)(=O)NC2CCNCC2)cc1. The average Bonchev–Trinajstić information content (AvgIpc) is 2.56. The van der Waals surface area contributed by atoms with Gasteiger partial charge in [-0.2, -0.15) is 0 Å². The van der Waals surface area contributed by atoms with Gasteiger partial charge in [0.25, 0.3) is 5.91 Å². The fourth-order valence-corrected chi connectivity index (χ4v) is 4.00. The van der Waals surface area contributed by atoms with Crippen molar-refractivity contribution in [2.24, 2.45) is 0 Å². The van der Waals surface area contributed by atoms with Gasteiger partial charge in [0.15, 0.2) is 0 Å². The largest absolute Gasteiger partial charge is 0.339 e. The molecule has 1 aliphatic heterocycles. The van der Waals surface area contributed by atoms with Crippen LogP contribution in [0.2, 0.25) is 0 Å². The van der Waals surface area contributed by atoms with Crippen molar-refractivity contribution >= 4 is 15.9 Å². The lowest BCUT2D eigenvalue weighted by molar-refractivity contribution is 0.0773. The van der Waals surface area contributed by atoms with Crippen LogP contribution >= 0.6 is 0 Å². The Balaban J connectivity index is 2.10. The minimum atomic E-state index is -3.54. The van der Waals surface area contributed by atoms with Crippen LogP contribution in [0.1, 0.15) is 37.0 Å². The van der Waals surface area contributed by atoms with Crippen molar-refractivity contribution in [3.63, 3.8) is 0 Å². The van der Waals surface area contributed by atoms with E-state index < -0.39 is 10.0 Å². The molecule has 0 atom stereocenters. The number of nitrogens with zero attached hydrogens (tertiary/aromatic N) is 1. The van der Waals surface area contributed by atoms with Crippen LogP contribution < -0.4 is 10.0 Å². The van der Waals surface area contributed by atoms with Crippen LogP contribution in [0, 0.1) is 0 Å². The number of carbonyl (C=O) groups excluding carboxylic acids is 1. The second-order valence-corrected chi connectivity index (χ2v) is 7.36. The minimum absolute atomic E-state index is 0.0294. The van der Waals surface area contributed by atoms with E-state index in [0.717, 1.165) is 25.9 Å². The zero-order chi connectivity index (χ0) is 16.9. The van der Waals surface area contributed by atoms with Crippen molar-refractivity contribution in [2.75, 3.05) is 26.2 Å². The quantitative estimate of drug-likeness (QED) is 0.816. The third kappa shape index (κ3) is 4.53. The lowest BCUT2D eigenvalue weighted by Crippen LogP contribution is -2.42. The predicted molar refractivity (Wildman–Crippen MR) is 89.9 cm³/mol. The maximum Gasteiger partial charge on any atom is 0.253 e. The normalized spacial score (nSPS) is 16.3. The van der Waals surface area contributed by atoms with Gasteiger partial charge in [-0.05, 0) is 64.0 Å². The van der Waals surface area contributed by atoms with Gasteiger partial charge in [0.1, 0.15) is 0 Å². The summed E-state index contributed by atoms with van der Waals surface area (Å²) in [7, 11) is -3.54. The first-order chi connectivity index (χ1) is 11.0. The fourth-order valence-electron chi connectivity index (χ4n) is 2.70. The molecule has 7 heteroatoms. The highest BCUT2D eigenvalue weighted by molar-refractivity contribution is 7.89. The Morgan fingerprint density at radius 2 is 1.74 bits per heavy atom. The molecule has 128 valence electrons. The monoisotopic (exact) mass is 339 g/mol. The van der Waals surface area contributed by atoms with Gasteiger partial charge in [-0.15, -0.1) is 0 Å². The molecule has 0 bridgehead atoms. The average molecular weight is 339 g/mol. The molecule has 1 amide bonds. The molecule has 1 heterocycles. The Kier molecular flexibility index (Phi) is 6.15. The Labute approximate surface area is 138 Å². The maximum absolute atomic E-state index is 12.4. The van der Waals surface area contributed by atoms with Gasteiger partial charge in [-0.3, -0.25) is 4.79 Å². The van der Waals surface area contributed by atoms with Crippen LogP contribution in [0.25, 0.3) is 0 Å². The first-order valence-corrected chi connectivity index (χ1v) is 9.58. The molecule has 23 heavy (non-hydrogen) atoms. The highest BCUT2D eigenvalue weighted by atomic mass is 32.2. The Hall–Kier alpha value is -1.44. The molecule has 2 N–H and O–H groups in total. The Morgan fingerprint density at radius 3 is 2.26 bits per heavy atom. The minimum Gasteiger partial charge on any atom is -0.339 e. The topological polar surface area (TPSA) is 78.5 Å². The molecule has 0 radical (unpaired) electrons. The molecule has 0 unspecified atom stereocenters. The van der Waals surface area contributed by atoms with Gasteiger partial charge < -0.3 is 10.2 Å². The van der Waals surface area contributed by atoms with Crippen LogP contribution in [0.15, 0.2) is 29.2 Å². The van der Waals surface area contributed by atoms with Crippen molar-refractivity contribution < 1.29 is 13.2 Å². The van der Waals surface area contributed by atoms with Crippen LogP contribution in [0.4, 0.5) is 0 Å². The number of carbonyl (C=O) groups is 1. The van der Waals surface area contributed by atoms with Crippen LogP contribution in [-0.2, 0) is 10.0 Å². The molecule has 0 saturated carbocycles. The highest BCUT2D eigenvalue weighted by Crippen LogP contribution is 2.14. The van der Waals surface area contributed by atoms with E-state index in [1.54, 1.807) is 17.0 Å². The standard InChI is InChI=1S/C16H25N3O3S/c1-3-19(4-2)16(20)13-5-7-15(8-6-13)23(21,22)18-14-9-11-17-12-10-14/h5-8,14,17-18H,3-4,9-12H2,1-2H3. The van der Waals surface area contributed by atoms with E-state index in [-0.39, 0.29) is 16.8 Å². The van der Waals surface area contributed by atoms with E-state index in [1.807, 2.05) is 13.8 Å². The summed E-state index contributed by atoms with van der Waals surface area (Å²) in [5.74, 6) is -0.0785. The molecular formula is C16H25N3O3S. The van der Waals surface area contributed by atoms with E-state index in [1.165, 1.54) is 12.1 Å². The lowest BCUT2D eigenvalue weighted by atomic mass is 10.1. The molecule has 1 fully saturated rings. The molecule has 6 nitrogen and oxygen atoms in total. The highest BCUT2D eigenvalue weighted by Gasteiger charge is 2.22. The number of hydrogen-bond donors (Lipinski definition) is 2. The summed E-state index contributed by atoms with van der Waals surface area (Å²) in [5, 5.41) is 3.20. The number of nitrogens with one attached hydrogen (secondary N) is 2. The van der Waals surface area contributed by atoms with Gasteiger partial charge in [0.05, 0.1) is 4.90 Å². The molecule has 2 rings (SSSR count). The van der Waals surface area contributed by atoms with E-state index in [4.69, 9.17) is 0 Å². The summed E-state index contributed by atoms with van der Waals surface area (Å²) in [5.41, 5.74) is 0.509. The van der Waals surface area contributed by atoms with Crippen LogP contribution in [-0.4, -0.2) is 51.4 Å². The van der Waals surface area contributed by atoms with E-state index in [9.17, 15) is 13.2 Å². The van der Waals surface area contributed by atoms with Crippen molar-refractivity contribution in [1.29, 1.82) is 0 Å². The van der Waals surface area contributed by atoms with Crippen LogP contribution in [0.3, 0.4) is 0 Å². The molecule has 0 aliphatic carbocycles. The summed E-state index contributed by atoms with van der Waals surface area (Å²) < 4.78 is 27.5. The maximum atomic E-state index is 12.4. The number of amides is 1. The second kappa shape index (κ2) is 7.90. The Morgan fingerprint density at radius 1 is 1.17 bits per heavy atom. The smallest absolute Gasteiger partial charge is 0.253 e.